The van der Waals surface area contributed by atoms with E-state index in [-0.39, 0.29) is 0 Å². The van der Waals surface area contributed by atoms with Crippen LogP contribution in [0.25, 0.3) is 0 Å². The molecular formula is C15H20N4. The molecule has 1 aromatic heterocycles. The van der Waals surface area contributed by atoms with Crippen LogP contribution >= 0.6 is 0 Å². The van der Waals surface area contributed by atoms with Gasteiger partial charge >= 0.3 is 0 Å². The summed E-state index contributed by atoms with van der Waals surface area (Å²) in [5.41, 5.74) is 3.72. The second-order valence-electron chi connectivity index (χ2n) is 5.14. The van der Waals surface area contributed by atoms with Gasteiger partial charge in [0.1, 0.15) is 0 Å². The highest BCUT2D eigenvalue weighted by Crippen LogP contribution is 2.24. The summed E-state index contributed by atoms with van der Waals surface area (Å²) in [7, 11) is 1.98. The van der Waals surface area contributed by atoms with Crippen LogP contribution in [0.5, 0.6) is 0 Å². The topological polar surface area (TPSA) is 33.1 Å². The van der Waals surface area contributed by atoms with E-state index < -0.39 is 0 Å². The maximum absolute atomic E-state index is 4.44. The van der Waals surface area contributed by atoms with E-state index in [1.807, 2.05) is 11.7 Å². The molecular weight excluding hydrogens is 236 g/mol. The van der Waals surface area contributed by atoms with Gasteiger partial charge in [0.25, 0.3) is 0 Å². The summed E-state index contributed by atoms with van der Waals surface area (Å²) in [5.74, 6) is 0. The number of nitrogens with one attached hydrogen (secondary N) is 1. The number of piperazine rings is 1. The minimum atomic E-state index is 0.398. The Labute approximate surface area is 114 Å². The Balaban J connectivity index is 1.80. The predicted molar refractivity (Wildman–Crippen MR) is 77.3 cm³/mol. The molecule has 0 saturated carbocycles. The van der Waals surface area contributed by atoms with Crippen molar-refractivity contribution in [1.29, 1.82) is 0 Å². The van der Waals surface area contributed by atoms with Gasteiger partial charge in [0.2, 0.25) is 0 Å². The van der Waals surface area contributed by atoms with Gasteiger partial charge in [0, 0.05) is 38.9 Å². The normalized spacial score (nSPS) is 19.7. The lowest BCUT2D eigenvalue weighted by atomic mass is 10.0. The quantitative estimate of drug-likeness (QED) is 0.890. The minimum Gasteiger partial charge on any atom is -0.366 e. The van der Waals surface area contributed by atoms with E-state index in [9.17, 15) is 0 Å². The highest BCUT2D eigenvalue weighted by atomic mass is 15.3. The molecule has 1 aliphatic heterocycles. The number of hydrogen-bond donors (Lipinski definition) is 1. The SMILES string of the molecule is Cc1nn(C)cc1N1CCNC(c2ccccc2)C1. The Morgan fingerprint density at radius 2 is 2.05 bits per heavy atom. The fourth-order valence-corrected chi connectivity index (χ4v) is 2.77. The molecule has 19 heavy (non-hydrogen) atoms. The predicted octanol–water partition coefficient (Wildman–Crippen LogP) is 1.88. The van der Waals surface area contributed by atoms with Crippen LogP contribution in [0, 0.1) is 6.92 Å². The highest BCUT2D eigenvalue weighted by molar-refractivity contribution is 5.49. The lowest BCUT2D eigenvalue weighted by Crippen LogP contribution is -2.46. The molecule has 0 spiro atoms. The molecule has 2 aromatic rings. The van der Waals surface area contributed by atoms with Crippen LogP contribution in [-0.4, -0.2) is 29.4 Å². The lowest BCUT2D eigenvalue weighted by Gasteiger charge is -2.35. The highest BCUT2D eigenvalue weighted by Gasteiger charge is 2.22. The van der Waals surface area contributed by atoms with Gasteiger partial charge in [0.15, 0.2) is 0 Å². The van der Waals surface area contributed by atoms with Gasteiger partial charge in [-0.3, -0.25) is 4.68 Å². The molecule has 4 nitrogen and oxygen atoms in total. The summed E-state index contributed by atoms with van der Waals surface area (Å²) in [4.78, 5) is 2.43. The van der Waals surface area contributed by atoms with Gasteiger partial charge in [-0.15, -0.1) is 0 Å². The number of aryl methyl sites for hydroxylation is 2. The Bertz CT molecular complexity index is 547. The first-order chi connectivity index (χ1) is 9.24. The van der Waals surface area contributed by atoms with Gasteiger partial charge in [0.05, 0.1) is 11.4 Å². The van der Waals surface area contributed by atoms with Crippen molar-refractivity contribution in [3.05, 3.63) is 47.8 Å². The first-order valence-corrected chi connectivity index (χ1v) is 6.77. The van der Waals surface area contributed by atoms with Crippen molar-refractivity contribution < 1.29 is 0 Å². The second kappa shape index (κ2) is 5.05. The largest absolute Gasteiger partial charge is 0.366 e. The Hall–Kier alpha value is -1.81. The molecule has 1 aliphatic rings. The van der Waals surface area contributed by atoms with Crippen molar-refractivity contribution in [3.8, 4) is 0 Å². The number of anilines is 1. The van der Waals surface area contributed by atoms with Gasteiger partial charge in [-0.1, -0.05) is 30.3 Å². The van der Waals surface area contributed by atoms with E-state index in [2.05, 4.69) is 58.8 Å². The molecule has 1 saturated heterocycles. The number of benzene rings is 1. The van der Waals surface area contributed by atoms with Crippen molar-refractivity contribution in [2.24, 2.45) is 7.05 Å². The summed E-state index contributed by atoms with van der Waals surface area (Å²) in [6.45, 7) is 5.12. The fraction of sp³-hybridized carbons (Fsp3) is 0.400. The van der Waals surface area contributed by atoms with Crippen molar-refractivity contribution in [2.75, 3.05) is 24.5 Å². The summed E-state index contributed by atoms with van der Waals surface area (Å²) < 4.78 is 1.89. The molecule has 100 valence electrons. The second-order valence-corrected chi connectivity index (χ2v) is 5.14. The van der Waals surface area contributed by atoms with E-state index >= 15 is 0 Å². The average molecular weight is 256 g/mol. The molecule has 1 aromatic carbocycles. The van der Waals surface area contributed by atoms with Crippen molar-refractivity contribution in [2.45, 2.75) is 13.0 Å². The van der Waals surface area contributed by atoms with Crippen molar-refractivity contribution in [3.63, 3.8) is 0 Å². The number of nitrogens with zero attached hydrogens (tertiary/aromatic N) is 3. The monoisotopic (exact) mass is 256 g/mol. The van der Waals surface area contributed by atoms with E-state index in [0.717, 1.165) is 25.3 Å². The average Bonchev–Trinajstić information content (AvgIpc) is 2.79. The Morgan fingerprint density at radius 1 is 1.26 bits per heavy atom. The zero-order valence-electron chi connectivity index (χ0n) is 11.5. The van der Waals surface area contributed by atoms with Crippen LogP contribution in [0.4, 0.5) is 5.69 Å². The molecule has 1 fully saturated rings. The van der Waals surface area contributed by atoms with Crippen LogP contribution in [-0.2, 0) is 7.05 Å². The molecule has 0 aliphatic carbocycles. The summed E-state index contributed by atoms with van der Waals surface area (Å²) in [6, 6.07) is 11.1. The maximum atomic E-state index is 4.44. The standard InChI is InChI=1S/C15H20N4/c1-12-15(11-18(2)17-12)19-9-8-16-14(10-19)13-6-4-3-5-7-13/h3-7,11,14,16H,8-10H2,1-2H3. The van der Waals surface area contributed by atoms with E-state index in [4.69, 9.17) is 0 Å². The van der Waals surface area contributed by atoms with Crippen LogP contribution in [0.2, 0.25) is 0 Å². The first-order valence-electron chi connectivity index (χ1n) is 6.77. The molecule has 2 heterocycles. The first kappa shape index (κ1) is 12.2. The Morgan fingerprint density at radius 3 is 2.74 bits per heavy atom. The number of hydrogen-bond acceptors (Lipinski definition) is 3. The van der Waals surface area contributed by atoms with E-state index in [1.165, 1.54) is 11.3 Å². The fourth-order valence-electron chi connectivity index (χ4n) is 2.77. The van der Waals surface area contributed by atoms with Crippen molar-refractivity contribution in [1.82, 2.24) is 15.1 Å². The minimum absolute atomic E-state index is 0.398. The lowest BCUT2D eigenvalue weighted by molar-refractivity contribution is 0.471. The third-order valence-electron chi connectivity index (χ3n) is 3.71. The van der Waals surface area contributed by atoms with Gasteiger partial charge in [-0.05, 0) is 12.5 Å². The van der Waals surface area contributed by atoms with E-state index in [1.54, 1.807) is 0 Å². The van der Waals surface area contributed by atoms with Crippen LogP contribution in [0.3, 0.4) is 0 Å². The molecule has 0 bridgehead atoms. The summed E-state index contributed by atoms with van der Waals surface area (Å²) >= 11 is 0. The van der Waals surface area contributed by atoms with Crippen molar-refractivity contribution >= 4 is 5.69 Å². The molecule has 3 rings (SSSR count). The summed E-state index contributed by atoms with van der Waals surface area (Å²) in [5, 5.41) is 8.03. The number of rotatable bonds is 2. The molecule has 4 heteroatoms. The summed E-state index contributed by atoms with van der Waals surface area (Å²) in [6.07, 6.45) is 2.11. The van der Waals surface area contributed by atoms with Gasteiger partial charge in [-0.2, -0.15) is 5.10 Å². The van der Waals surface area contributed by atoms with Gasteiger partial charge in [-0.25, -0.2) is 0 Å². The third-order valence-corrected chi connectivity index (χ3v) is 3.71. The third kappa shape index (κ3) is 2.49. The van der Waals surface area contributed by atoms with E-state index in [0.29, 0.717) is 6.04 Å². The molecule has 0 amide bonds. The zero-order valence-corrected chi connectivity index (χ0v) is 11.5. The Kier molecular flexibility index (Phi) is 3.25. The smallest absolute Gasteiger partial charge is 0.0827 e. The van der Waals surface area contributed by atoms with Crippen LogP contribution < -0.4 is 10.2 Å². The molecule has 1 N–H and O–H groups in total. The van der Waals surface area contributed by atoms with Gasteiger partial charge < -0.3 is 10.2 Å². The maximum Gasteiger partial charge on any atom is 0.0827 e. The zero-order chi connectivity index (χ0) is 13.2. The molecule has 0 radical (unpaired) electrons. The van der Waals surface area contributed by atoms with Crippen LogP contribution in [0.15, 0.2) is 36.5 Å². The number of aromatic nitrogens is 2. The molecule has 1 unspecified atom stereocenters. The molecule has 1 atom stereocenters. The van der Waals surface area contributed by atoms with Crippen LogP contribution in [0.1, 0.15) is 17.3 Å².